The molecule has 0 aliphatic carbocycles. The number of furan rings is 1. The van der Waals surface area contributed by atoms with Crippen LogP contribution in [-0.4, -0.2) is 42.2 Å². The number of likely N-dealkylation sites (N-methyl/N-ethyl adjacent to an activating group) is 1. The van der Waals surface area contributed by atoms with Gasteiger partial charge in [-0.3, -0.25) is 10.4 Å². The van der Waals surface area contributed by atoms with E-state index < -0.39 is 0 Å². The van der Waals surface area contributed by atoms with Crippen LogP contribution in [0.5, 0.6) is 0 Å². The minimum absolute atomic E-state index is 0.103. The number of rotatable bonds is 4. The van der Waals surface area contributed by atoms with Gasteiger partial charge in [0.15, 0.2) is 5.84 Å². The molecule has 176 valence electrons. The van der Waals surface area contributed by atoms with Crippen molar-refractivity contribution in [1.82, 2.24) is 10.2 Å². The molecule has 1 aliphatic rings. The van der Waals surface area contributed by atoms with Crippen LogP contribution < -0.4 is 5.32 Å². The fraction of sp³-hybridized carbons (Fsp3) is 0.100. The third-order valence-electron chi connectivity index (χ3n) is 6.48. The van der Waals surface area contributed by atoms with Crippen LogP contribution in [0.4, 0.5) is 0 Å². The molecule has 1 aromatic heterocycles. The maximum Gasteiger partial charge on any atom is 0.154 e. The van der Waals surface area contributed by atoms with Gasteiger partial charge in [-0.2, -0.15) is 0 Å². The Labute approximate surface area is 209 Å². The van der Waals surface area contributed by atoms with Crippen molar-refractivity contribution >= 4 is 39.4 Å². The second kappa shape index (κ2) is 9.15. The van der Waals surface area contributed by atoms with E-state index in [-0.39, 0.29) is 12.0 Å². The SMILES string of the molecule is CN(/C(=N\C(=N)c1ccccc1)c1ccc2c(c1)oc1ccccc12)C1CN=C(c2ccccc2)N1. The van der Waals surface area contributed by atoms with Gasteiger partial charge in [0.2, 0.25) is 0 Å². The highest BCUT2D eigenvalue weighted by Crippen LogP contribution is 2.29. The summed E-state index contributed by atoms with van der Waals surface area (Å²) in [4.78, 5) is 11.6. The van der Waals surface area contributed by atoms with E-state index in [0.29, 0.717) is 12.4 Å². The smallest absolute Gasteiger partial charge is 0.154 e. The molecule has 0 bridgehead atoms. The van der Waals surface area contributed by atoms with Crippen molar-refractivity contribution in [2.45, 2.75) is 6.17 Å². The van der Waals surface area contributed by atoms with Gasteiger partial charge >= 0.3 is 0 Å². The number of amidine groups is 3. The molecule has 2 heterocycles. The van der Waals surface area contributed by atoms with Crippen LogP contribution in [0.25, 0.3) is 21.9 Å². The number of fused-ring (bicyclic) bond motifs is 3. The molecule has 0 spiro atoms. The van der Waals surface area contributed by atoms with Gasteiger partial charge in [0, 0.05) is 34.5 Å². The normalized spacial score (nSPS) is 15.6. The largest absolute Gasteiger partial charge is 0.456 e. The van der Waals surface area contributed by atoms with Crippen molar-refractivity contribution in [2.75, 3.05) is 13.6 Å². The maximum absolute atomic E-state index is 8.71. The molecule has 1 aliphatic heterocycles. The minimum Gasteiger partial charge on any atom is -0.456 e. The first-order valence-corrected chi connectivity index (χ1v) is 11.9. The monoisotopic (exact) mass is 471 g/mol. The van der Waals surface area contributed by atoms with Crippen LogP contribution in [0, 0.1) is 5.41 Å². The molecule has 6 heteroatoms. The number of nitrogens with one attached hydrogen (secondary N) is 2. The highest BCUT2D eigenvalue weighted by Gasteiger charge is 2.26. The summed E-state index contributed by atoms with van der Waals surface area (Å²) in [7, 11) is 1.99. The molecule has 0 radical (unpaired) electrons. The molecule has 1 atom stereocenters. The molecule has 6 nitrogen and oxygen atoms in total. The summed E-state index contributed by atoms with van der Waals surface area (Å²) in [6.45, 7) is 0.575. The molecular formula is C30H25N5O. The zero-order chi connectivity index (χ0) is 24.5. The fourth-order valence-electron chi connectivity index (χ4n) is 4.54. The van der Waals surface area contributed by atoms with E-state index in [1.807, 2.05) is 98.0 Å². The Bertz CT molecular complexity index is 1620. The molecule has 5 aromatic rings. The Morgan fingerprint density at radius 1 is 0.861 bits per heavy atom. The molecule has 4 aromatic carbocycles. The number of aliphatic imine (C=N–C) groups is 2. The zero-order valence-corrected chi connectivity index (χ0v) is 19.8. The van der Waals surface area contributed by atoms with Crippen molar-refractivity contribution in [1.29, 1.82) is 5.41 Å². The van der Waals surface area contributed by atoms with E-state index in [2.05, 4.69) is 22.3 Å². The van der Waals surface area contributed by atoms with E-state index in [0.717, 1.165) is 44.5 Å². The first-order chi connectivity index (χ1) is 17.7. The Hall–Kier alpha value is -4.71. The first kappa shape index (κ1) is 21.8. The standard InChI is InChI=1S/C30H25N5O/c1-35(27-19-32-29(33-27)21-12-6-3-7-13-21)30(34-28(31)20-10-4-2-5-11-20)22-16-17-24-23-14-8-9-15-25(23)36-26(24)18-22/h2-18,27,31H,19H2,1H3,(H,32,33)/b31-28?,34-30-. The van der Waals surface area contributed by atoms with Crippen LogP contribution in [0.3, 0.4) is 0 Å². The number of para-hydroxylation sites is 1. The third-order valence-corrected chi connectivity index (χ3v) is 6.48. The van der Waals surface area contributed by atoms with E-state index in [4.69, 9.17) is 19.8 Å². The van der Waals surface area contributed by atoms with Crippen LogP contribution >= 0.6 is 0 Å². The Balaban J connectivity index is 1.38. The summed E-state index contributed by atoms with van der Waals surface area (Å²) >= 11 is 0. The predicted molar refractivity (Wildman–Crippen MR) is 146 cm³/mol. The quantitative estimate of drug-likeness (QED) is 0.262. The lowest BCUT2D eigenvalue weighted by atomic mass is 10.1. The average Bonchev–Trinajstić information content (AvgIpc) is 3.57. The lowest BCUT2D eigenvalue weighted by Crippen LogP contribution is -2.47. The molecule has 6 rings (SSSR count). The summed E-state index contributed by atoms with van der Waals surface area (Å²) in [6, 6.07) is 33.8. The van der Waals surface area contributed by atoms with Crippen molar-refractivity contribution in [3.05, 3.63) is 120 Å². The maximum atomic E-state index is 8.71. The second-order valence-corrected chi connectivity index (χ2v) is 8.79. The van der Waals surface area contributed by atoms with Crippen molar-refractivity contribution < 1.29 is 4.42 Å². The number of hydrogen-bond donors (Lipinski definition) is 2. The Kier molecular flexibility index (Phi) is 5.54. The van der Waals surface area contributed by atoms with Crippen LogP contribution in [0.15, 0.2) is 118 Å². The highest BCUT2D eigenvalue weighted by atomic mass is 16.3. The number of benzene rings is 4. The molecular weight excluding hydrogens is 446 g/mol. The van der Waals surface area contributed by atoms with Gasteiger partial charge in [-0.25, -0.2) is 4.99 Å². The van der Waals surface area contributed by atoms with E-state index in [9.17, 15) is 0 Å². The van der Waals surface area contributed by atoms with Crippen molar-refractivity contribution in [3.63, 3.8) is 0 Å². The lowest BCUT2D eigenvalue weighted by Gasteiger charge is -2.28. The van der Waals surface area contributed by atoms with Gasteiger partial charge in [0.25, 0.3) is 0 Å². The Morgan fingerprint density at radius 3 is 2.36 bits per heavy atom. The molecule has 0 amide bonds. The summed E-state index contributed by atoms with van der Waals surface area (Å²) in [5.74, 6) is 1.73. The summed E-state index contributed by atoms with van der Waals surface area (Å²) in [5.41, 5.74) is 4.33. The van der Waals surface area contributed by atoms with Crippen LogP contribution in [0.1, 0.15) is 16.7 Å². The van der Waals surface area contributed by atoms with Gasteiger partial charge in [-0.05, 0) is 18.2 Å². The lowest BCUT2D eigenvalue weighted by molar-refractivity contribution is 0.367. The zero-order valence-electron chi connectivity index (χ0n) is 19.8. The van der Waals surface area contributed by atoms with E-state index in [1.165, 1.54) is 0 Å². The topological polar surface area (TPSA) is 77.0 Å². The average molecular weight is 472 g/mol. The predicted octanol–water partition coefficient (Wildman–Crippen LogP) is 5.67. The van der Waals surface area contributed by atoms with Crippen molar-refractivity contribution in [3.8, 4) is 0 Å². The highest BCUT2D eigenvalue weighted by molar-refractivity contribution is 6.13. The van der Waals surface area contributed by atoms with Gasteiger partial charge in [-0.15, -0.1) is 0 Å². The van der Waals surface area contributed by atoms with Crippen LogP contribution in [0.2, 0.25) is 0 Å². The summed E-state index contributed by atoms with van der Waals surface area (Å²) in [5, 5.41) is 14.4. The van der Waals surface area contributed by atoms with E-state index >= 15 is 0 Å². The second-order valence-electron chi connectivity index (χ2n) is 8.79. The molecule has 0 fully saturated rings. The molecule has 0 saturated heterocycles. The van der Waals surface area contributed by atoms with Gasteiger partial charge in [0.1, 0.15) is 29.0 Å². The minimum atomic E-state index is -0.103. The number of hydrogen-bond acceptors (Lipinski definition) is 4. The van der Waals surface area contributed by atoms with Gasteiger partial charge < -0.3 is 14.6 Å². The molecule has 2 N–H and O–H groups in total. The fourth-order valence-corrected chi connectivity index (χ4v) is 4.54. The van der Waals surface area contributed by atoms with Crippen molar-refractivity contribution in [2.24, 2.45) is 9.98 Å². The van der Waals surface area contributed by atoms with Crippen LogP contribution in [-0.2, 0) is 0 Å². The molecule has 36 heavy (non-hydrogen) atoms. The summed E-state index contributed by atoms with van der Waals surface area (Å²) < 4.78 is 6.15. The third kappa shape index (κ3) is 4.03. The Morgan fingerprint density at radius 2 is 1.56 bits per heavy atom. The van der Waals surface area contributed by atoms with Gasteiger partial charge in [-0.1, -0.05) is 84.9 Å². The molecule has 1 unspecified atom stereocenters. The number of nitrogens with zero attached hydrogens (tertiary/aromatic N) is 3. The molecule has 0 saturated carbocycles. The summed E-state index contributed by atoms with van der Waals surface area (Å²) in [6.07, 6.45) is -0.103. The first-order valence-electron chi connectivity index (χ1n) is 11.9. The van der Waals surface area contributed by atoms with Gasteiger partial charge in [0.05, 0.1) is 6.54 Å². The van der Waals surface area contributed by atoms with E-state index in [1.54, 1.807) is 0 Å².